The minimum Gasteiger partial charge on any atom is -0.350 e. The van der Waals surface area contributed by atoms with Crippen LogP contribution in [0.25, 0.3) is 0 Å². The van der Waals surface area contributed by atoms with Gasteiger partial charge < -0.3 is 10.6 Å². The van der Waals surface area contributed by atoms with Crippen molar-refractivity contribution >= 4 is 29.4 Å². The number of benzene rings is 1. The molecule has 1 aromatic rings. The number of amides is 4. The van der Waals surface area contributed by atoms with Crippen LogP contribution in [0.5, 0.6) is 0 Å². The molecule has 2 fully saturated rings. The van der Waals surface area contributed by atoms with Crippen molar-refractivity contribution in [1.82, 2.24) is 15.5 Å². The summed E-state index contributed by atoms with van der Waals surface area (Å²) in [5, 5.41) is 6.06. The van der Waals surface area contributed by atoms with Gasteiger partial charge in [-0.1, -0.05) is 49.1 Å². The molecule has 1 spiro atoms. The van der Waals surface area contributed by atoms with Crippen LogP contribution in [0.4, 0.5) is 4.79 Å². The molecule has 0 unspecified atom stereocenters. The van der Waals surface area contributed by atoms with Gasteiger partial charge in [-0.25, -0.2) is 4.79 Å². The number of nitrogens with one attached hydrogen (secondary N) is 2. The van der Waals surface area contributed by atoms with E-state index in [1.54, 1.807) is 6.07 Å². The van der Waals surface area contributed by atoms with Gasteiger partial charge in [0.15, 0.2) is 0 Å². The Morgan fingerprint density at radius 2 is 1.92 bits per heavy atom. The summed E-state index contributed by atoms with van der Waals surface area (Å²) in [6.07, 6.45) is 4.20. The summed E-state index contributed by atoms with van der Waals surface area (Å²) in [5.74, 6) is -0.661. The molecular weight excluding hydrogens is 330 g/mol. The smallest absolute Gasteiger partial charge is 0.325 e. The van der Waals surface area contributed by atoms with Gasteiger partial charge in [-0.05, 0) is 24.5 Å². The van der Waals surface area contributed by atoms with Crippen molar-refractivity contribution in [3.05, 3.63) is 34.9 Å². The highest BCUT2D eigenvalue weighted by Crippen LogP contribution is 2.33. The second-order valence-electron chi connectivity index (χ2n) is 6.33. The molecule has 24 heavy (non-hydrogen) atoms. The number of rotatable bonds is 4. The van der Waals surface area contributed by atoms with Gasteiger partial charge in [0.25, 0.3) is 5.91 Å². The number of halogens is 1. The second kappa shape index (κ2) is 6.81. The number of nitrogens with zero attached hydrogens (tertiary/aromatic N) is 1. The zero-order valence-electron chi connectivity index (χ0n) is 13.3. The normalized spacial score (nSPS) is 19.5. The predicted molar refractivity (Wildman–Crippen MR) is 89.4 cm³/mol. The third-order valence-corrected chi connectivity index (χ3v) is 5.06. The number of carbonyl (C=O) groups is 3. The van der Waals surface area contributed by atoms with Crippen LogP contribution in [0.15, 0.2) is 24.3 Å². The lowest BCUT2D eigenvalue weighted by Crippen LogP contribution is -2.49. The van der Waals surface area contributed by atoms with Crippen LogP contribution in [-0.4, -0.2) is 34.8 Å². The quantitative estimate of drug-likeness (QED) is 0.818. The van der Waals surface area contributed by atoms with E-state index in [0.29, 0.717) is 17.9 Å². The lowest BCUT2D eigenvalue weighted by Gasteiger charge is -2.30. The van der Waals surface area contributed by atoms with Crippen molar-refractivity contribution in [3.63, 3.8) is 0 Å². The number of hydrogen-bond donors (Lipinski definition) is 2. The average Bonchev–Trinajstić information content (AvgIpc) is 2.79. The zero-order chi connectivity index (χ0) is 17.2. The van der Waals surface area contributed by atoms with E-state index in [1.807, 2.05) is 18.2 Å². The van der Waals surface area contributed by atoms with Gasteiger partial charge >= 0.3 is 6.03 Å². The van der Waals surface area contributed by atoms with E-state index >= 15 is 0 Å². The molecule has 1 aromatic carbocycles. The van der Waals surface area contributed by atoms with Crippen LogP contribution < -0.4 is 10.6 Å². The molecule has 1 saturated carbocycles. The molecule has 128 valence electrons. The highest BCUT2D eigenvalue weighted by atomic mass is 35.5. The van der Waals surface area contributed by atoms with Crippen LogP contribution in [0.2, 0.25) is 5.02 Å². The van der Waals surface area contributed by atoms with Crippen molar-refractivity contribution in [2.75, 3.05) is 6.54 Å². The maximum atomic E-state index is 12.6. The molecule has 0 radical (unpaired) electrons. The van der Waals surface area contributed by atoms with E-state index in [-0.39, 0.29) is 24.9 Å². The molecule has 0 bridgehead atoms. The van der Waals surface area contributed by atoms with Gasteiger partial charge in [0, 0.05) is 11.6 Å². The first-order chi connectivity index (χ1) is 11.5. The van der Waals surface area contributed by atoms with E-state index in [0.717, 1.165) is 29.7 Å². The topological polar surface area (TPSA) is 78.5 Å². The van der Waals surface area contributed by atoms with Crippen LogP contribution in [-0.2, 0) is 16.1 Å². The molecule has 2 N–H and O–H groups in total. The van der Waals surface area contributed by atoms with Crippen molar-refractivity contribution in [2.24, 2.45) is 0 Å². The summed E-state index contributed by atoms with van der Waals surface area (Å²) >= 11 is 6.04. The number of carbonyl (C=O) groups excluding carboxylic acids is 3. The molecule has 1 aliphatic carbocycles. The molecule has 1 saturated heterocycles. The summed E-state index contributed by atoms with van der Waals surface area (Å²) < 4.78 is 0. The van der Waals surface area contributed by atoms with Gasteiger partial charge in [0.05, 0.1) is 0 Å². The average molecular weight is 350 g/mol. The second-order valence-corrected chi connectivity index (χ2v) is 6.74. The molecule has 1 heterocycles. The van der Waals surface area contributed by atoms with E-state index in [2.05, 4.69) is 10.6 Å². The Kier molecular flexibility index (Phi) is 4.76. The summed E-state index contributed by atoms with van der Waals surface area (Å²) in [5.41, 5.74) is -0.00768. The van der Waals surface area contributed by atoms with Crippen molar-refractivity contribution < 1.29 is 14.4 Å². The fourth-order valence-corrected chi connectivity index (χ4v) is 3.55. The number of hydrogen-bond acceptors (Lipinski definition) is 3. The maximum Gasteiger partial charge on any atom is 0.325 e. The Balaban J connectivity index is 1.59. The van der Waals surface area contributed by atoms with Gasteiger partial charge in [0.1, 0.15) is 12.1 Å². The molecular formula is C17H20ClN3O3. The van der Waals surface area contributed by atoms with Crippen LogP contribution in [0.1, 0.15) is 37.7 Å². The van der Waals surface area contributed by atoms with E-state index in [1.165, 1.54) is 0 Å². The fourth-order valence-electron chi connectivity index (χ4n) is 3.35. The minimum absolute atomic E-state index is 0.257. The molecule has 2 aliphatic rings. The molecule has 6 nitrogen and oxygen atoms in total. The monoisotopic (exact) mass is 349 g/mol. The Hall–Kier alpha value is -2.08. The fraction of sp³-hybridized carbons (Fsp3) is 0.471. The minimum atomic E-state index is -0.793. The third-order valence-electron chi connectivity index (χ3n) is 4.69. The molecule has 7 heteroatoms. The molecule has 3 rings (SSSR count). The van der Waals surface area contributed by atoms with Crippen molar-refractivity contribution in [1.29, 1.82) is 0 Å². The van der Waals surface area contributed by atoms with Crippen molar-refractivity contribution in [3.8, 4) is 0 Å². The van der Waals surface area contributed by atoms with Gasteiger partial charge in [-0.3, -0.25) is 14.5 Å². The highest BCUT2D eigenvalue weighted by molar-refractivity contribution is 6.31. The maximum absolute atomic E-state index is 12.6. The largest absolute Gasteiger partial charge is 0.350 e. The summed E-state index contributed by atoms with van der Waals surface area (Å²) in [6, 6.07) is 6.72. The molecule has 0 aromatic heterocycles. The SMILES string of the molecule is O=C(CN1C(=O)NC2(CCCCC2)C1=O)NCc1ccccc1Cl. The standard InChI is InChI=1S/C17H20ClN3O3/c18-13-7-3-2-6-12(13)10-19-14(22)11-21-15(23)17(20-16(21)24)8-4-1-5-9-17/h2-3,6-7H,1,4-5,8-11H2,(H,19,22)(H,20,24). The molecule has 1 aliphatic heterocycles. The lowest BCUT2D eigenvalue weighted by atomic mass is 9.82. The van der Waals surface area contributed by atoms with E-state index in [4.69, 9.17) is 11.6 Å². The van der Waals surface area contributed by atoms with E-state index < -0.39 is 11.6 Å². The van der Waals surface area contributed by atoms with Crippen LogP contribution in [0, 0.1) is 0 Å². The predicted octanol–water partition coefficient (Wildman–Crippen LogP) is 2.21. The summed E-state index contributed by atoms with van der Waals surface area (Å²) in [4.78, 5) is 37.9. The van der Waals surface area contributed by atoms with E-state index in [9.17, 15) is 14.4 Å². The Morgan fingerprint density at radius 1 is 1.21 bits per heavy atom. The third kappa shape index (κ3) is 3.24. The Bertz CT molecular complexity index is 671. The number of imide groups is 1. The summed E-state index contributed by atoms with van der Waals surface area (Å²) in [6.45, 7) is -0.00975. The Labute approximate surface area is 145 Å². The summed E-state index contributed by atoms with van der Waals surface area (Å²) in [7, 11) is 0. The van der Waals surface area contributed by atoms with Crippen LogP contribution >= 0.6 is 11.6 Å². The Morgan fingerprint density at radius 3 is 2.62 bits per heavy atom. The van der Waals surface area contributed by atoms with Crippen molar-refractivity contribution in [2.45, 2.75) is 44.2 Å². The first-order valence-electron chi connectivity index (χ1n) is 8.16. The first kappa shape index (κ1) is 16.8. The molecule has 4 amide bonds. The lowest BCUT2D eigenvalue weighted by molar-refractivity contribution is -0.135. The first-order valence-corrected chi connectivity index (χ1v) is 8.54. The zero-order valence-corrected chi connectivity index (χ0v) is 14.1. The highest BCUT2D eigenvalue weighted by Gasteiger charge is 2.51. The van der Waals surface area contributed by atoms with Gasteiger partial charge in [0.2, 0.25) is 5.91 Å². The van der Waals surface area contributed by atoms with Gasteiger partial charge in [-0.15, -0.1) is 0 Å². The van der Waals surface area contributed by atoms with Gasteiger partial charge in [-0.2, -0.15) is 0 Å². The number of urea groups is 1. The molecule has 0 atom stereocenters. The van der Waals surface area contributed by atoms with Crippen LogP contribution in [0.3, 0.4) is 0 Å².